The van der Waals surface area contributed by atoms with Crippen LogP contribution in [-0.4, -0.2) is 21.8 Å². The van der Waals surface area contributed by atoms with Crippen molar-refractivity contribution in [3.8, 4) is 11.5 Å². The summed E-state index contributed by atoms with van der Waals surface area (Å²) in [6, 6.07) is 10.6. The number of alkyl halides is 2. The molecule has 0 saturated heterocycles. The maximum absolute atomic E-state index is 12.9. The number of fused-ring (bicyclic) bond motifs is 2. The largest absolute Gasteiger partial charge is 0.507 e. The number of phenols is 2. The van der Waals surface area contributed by atoms with Gasteiger partial charge in [-0.1, -0.05) is 12.1 Å². The summed E-state index contributed by atoms with van der Waals surface area (Å²) >= 11 is 0. The van der Waals surface area contributed by atoms with Crippen LogP contribution in [0.4, 0.5) is 25.8 Å². The van der Waals surface area contributed by atoms with Gasteiger partial charge in [0, 0.05) is 22.5 Å². The van der Waals surface area contributed by atoms with Crippen LogP contribution < -0.4 is 11.1 Å². The molecule has 1 aliphatic rings. The lowest BCUT2D eigenvalue weighted by molar-refractivity contribution is 0.0975. The van der Waals surface area contributed by atoms with E-state index in [0.29, 0.717) is 0 Å². The first-order valence-electron chi connectivity index (χ1n) is 8.51. The Bertz CT molecular complexity index is 1190. The first kappa shape index (κ1) is 18.4. The zero-order valence-corrected chi connectivity index (χ0v) is 14.7. The summed E-state index contributed by atoms with van der Waals surface area (Å²) in [4.78, 5) is 25.8. The van der Waals surface area contributed by atoms with Gasteiger partial charge >= 0.3 is 0 Å². The second-order valence-electron chi connectivity index (χ2n) is 6.52. The second-order valence-corrected chi connectivity index (χ2v) is 6.52. The molecule has 0 radical (unpaired) electrons. The molecule has 29 heavy (non-hydrogen) atoms. The molecule has 6 nitrogen and oxygen atoms in total. The molecule has 0 aromatic heterocycles. The number of carbonyl (C=O) groups excluding carboxylic acids is 2. The number of hydrogen-bond donors (Lipinski definition) is 4. The fourth-order valence-corrected chi connectivity index (χ4v) is 3.36. The predicted molar refractivity (Wildman–Crippen MR) is 102 cm³/mol. The molecule has 5 N–H and O–H groups in total. The highest BCUT2D eigenvalue weighted by Crippen LogP contribution is 2.42. The van der Waals surface area contributed by atoms with Crippen molar-refractivity contribution in [2.24, 2.45) is 0 Å². The number of nitrogens with one attached hydrogen (secondary N) is 1. The van der Waals surface area contributed by atoms with E-state index in [1.165, 1.54) is 48.5 Å². The summed E-state index contributed by atoms with van der Waals surface area (Å²) in [6.07, 6.45) is -2.67. The molecule has 8 heteroatoms. The number of aromatic hydroxyl groups is 2. The van der Waals surface area contributed by atoms with Gasteiger partial charge in [0.15, 0.2) is 11.5 Å². The lowest BCUT2D eigenvalue weighted by atomic mass is 9.82. The standard InChI is InChI=1S/C21H14F2N2O4/c22-21(23)9-2-1-3-10(8-9)25-13-6-4-11-15(19(13)28)20(29)17-14(26)7-5-12(24)16(17)18(11)27/h1-8,21,25-26,28H,24H2. The molecule has 0 atom stereocenters. The highest BCUT2D eigenvalue weighted by atomic mass is 19.3. The lowest BCUT2D eigenvalue weighted by Crippen LogP contribution is -2.23. The number of rotatable bonds is 3. The van der Waals surface area contributed by atoms with Crippen molar-refractivity contribution < 1.29 is 28.6 Å². The number of anilines is 3. The van der Waals surface area contributed by atoms with E-state index in [0.717, 1.165) is 0 Å². The Kier molecular flexibility index (Phi) is 4.19. The van der Waals surface area contributed by atoms with Crippen molar-refractivity contribution in [1.29, 1.82) is 0 Å². The van der Waals surface area contributed by atoms with E-state index in [4.69, 9.17) is 5.73 Å². The third-order valence-corrected chi connectivity index (χ3v) is 4.74. The van der Waals surface area contributed by atoms with Crippen LogP contribution in [0.25, 0.3) is 0 Å². The molecular formula is C21H14F2N2O4. The number of hydrogen-bond acceptors (Lipinski definition) is 6. The van der Waals surface area contributed by atoms with Crippen molar-refractivity contribution >= 4 is 28.6 Å². The molecule has 4 rings (SSSR count). The molecule has 0 unspecified atom stereocenters. The number of nitrogen functional groups attached to an aromatic ring is 1. The monoisotopic (exact) mass is 396 g/mol. The highest BCUT2D eigenvalue weighted by molar-refractivity contribution is 6.32. The third-order valence-electron chi connectivity index (χ3n) is 4.74. The van der Waals surface area contributed by atoms with Gasteiger partial charge in [0.25, 0.3) is 6.43 Å². The maximum atomic E-state index is 12.9. The normalized spacial score (nSPS) is 12.7. The van der Waals surface area contributed by atoms with E-state index < -0.39 is 29.5 Å². The Labute approximate surface area is 163 Å². The number of phenolic OH excluding ortho intramolecular Hbond substituents is 2. The van der Waals surface area contributed by atoms with Crippen LogP contribution in [0.5, 0.6) is 11.5 Å². The van der Waals surface area contributed by atoms with Crippen LogP contribution >= 0.6 is 0 Å². The quantitative estimate of drug-likeness (QED) is 0.235. The summed E-state index contributed by atoms with van der Waals surface area (Å²) in [6.45, 7) is 0. The Morgan fingerprint density at radius 2 is 1.66 bits per heavy atom. The Morgan fingerprint density at radius 3 is 2.38 bits per heavy atom. The number of benzene rings is 3. The van der Waals surface area contributed by atoms with Gasteiger partial charge in [0.2, 0.25) is 5.78 Å². The van der Waals surface area contributed by atoms with E-state index in [-0.39, 0.29) is 44.9 Å². The maximum Gasteiger partial charge on any atom is 0.263 e. The molecule has 0 amide bonds. The molecule has 0 heterocycles. The third kappa shape index (κ3) is 2.85. The molecule has 3 aromatic carbocycles. The first-order chi connectivity index (χ1) is 13.8. The van der Waals surface area contributed by atoms with Gasteiger partial charge in [-0.3, -0.25) is 9.59 Å². The van der Waals surface area contributed by atoms with Gasteiger partial charge in [-0.15, -0.1) is 0 Å². The number of halogens is 2. The minimum Gasteiger partial charge on any atom is -0.507 e. The number of nitrogens with two attached hydrogens (primary N) is 1. The summed E-state index contributed by atoms with van der Waals surface area (Å²) in [5.41, 5.74) is 5.18. The molecule has 0 bridgehead atoms. The van der Waals surface area contributed by atoms with E-state index in [1.807, 2.05) is 0 Å². The smallest absolute Gasteiger partial charge is 0.263 e. The molecular weight excluding hydrogens is 382 g/mol. The Morgan fingerprint density at radius 1 is 0.897 bits per heavy atom. The van der Waals surface area contributed by atoms with E-state index >= 15 is 0 Å². The van der Waals surface area contributed by atoms with Crippen molar-refractivity contribution in [3.63, 3.8) is 0 Å². The van der Waals surface area contributed by atoms with Gasteiger partial charge in [-0.05, 0) is 36.4 Å². The van der Waals surface area contributed by atoms with Gasteiger partial charge in [0.05, 0.1) is 22.4 Å². The highest BCUT2D eigenvalue weighted by Gasteiger charge is 2.36. The molecule has 1 aliphatic carbocycles. The van der Waals surface area contributed by atoms with Gasteiger partial charge in [-0.25, -0.2) is 8.78 Å². The van der Waals surface area contributed by atoms with Crippen LogP contribution in [0.1, 0.15) is 43.8 Å². The van der Waals surface area contributed by atoms with E-state index in [1.54, 1.807) is 0 Å². The molecule has 0 fully saturated rings. The lowest BCUT2D eigenvalue weighted by Gasteiger charge is -2.22. The molecule has 3 aromatic rings. The second kappa shape index (κ2) is 6.59. The molecule has 0 saturated carbocycles. The van der Waals surface area contributed by atoms with E-state index in [2.05, 4.69) is 5.32 Å². The van der Waals surface area contributed by atoms with Crippen molar-refractivity contribution in [2.75, 3.05) is 11.1 Å². The van der Waals surface area contributed by atoms with Crippen molar-refractivity contribution in [1.82, 2.24) is 0 Å². The first-order valence-corrected chi connectivity index (χ1v) is 8.51. The number of ketones is 2. The SMILES string of the molecule is Nc1ccc(O)c2c1C(=O)c1ccc(Nc3cccc(C(F)F)c3)c(O)c1C2=O. The van der Waals surface area contributed by atoms with Crippen LogP contribution in [-0.2, 0) is 0 Å². The van der Waals surface area contributed by atoms with Crippen LogP contribution in [0.15, 0.2) is 48.5 Å². The van der Waals surface area contributed by atoms with Crippen molar-refractivity contribution in [3.05, 3.63) is 76.3 Å². The van der Waals surface area contributed by atoms with Gasteiger partial charge in [0.1, 0.15) is 5.75 Å². The van der Waals surface area contributed by atoms with Crippen LogP contribution in [0.3, 0.4) is 0 Å². The summed E-state index contributed by atoms with van der Waals surface area (Å²) < 4.78 is 25.8. The molecule has 0 aliphatic heterocycles. The molecule has 0 spiro atoms. The average Bonchev–Trinajstić information content (AvgIpc) is 2.69. The fourth-order valence-electron chi connectivity index (χ4n) is 3.36. The zero-order chi connectivity index (χ0) is 20.9. The Balaban J connectivity index is 1.82. The van der Waals surface area contributed by atoms with Gasteiger partial charge in [-0.2, -0.15) is 0 Å². The van der Waals surface area contributed by atoms with Crippen LogP contribution in [0, 0.1) is 0 Å². The van der Waals surface area contributed by atoms with Crippen LogP contribution in [0.2, 0.25) is 0 Å². The minimum atomic E-state index is -2.67. The zero-order valence-electron chi connectivity index (χ0n) is 14.7. The predicted octanol–water partition coefficient (Wildman–Crippen LogP) is 4.14. The van der Waals surface area contributed by atoms with Crippen molar-refractivity contribution in [2.45, 2.75) is 6.43 Å². The topological polar surface area (TPSA) is 113 Å². The fraction of sp³-hybridized carbons (Fsp3) is 0.0476. The molecule has 146 valence electrons. The minimum absolute atomic E-state index is 0.0345. The number of carbonyl (C=O) groups is 2. The summed E-state index contributed by atoms with van der Waals surface area (Å²) in [7, 11) is 0. The average molecular weight is 396 g/mol. The van der Waals surface area contributed by atoms with E-state index in [9.17, 15) is 28.6 Å². The summed E-state index contributed by atoms with van der Waals surface area (Å²) in [5.74, 6) is -2.33. The summed E-state index contributed by atoms with van der Waals surface area (Å²) in [5, 5.41) is 23.5. The Hall–Kier alpha value is -3.94. The van der Waals surface area contributed by atoms with Gasteiger partial charge < -0.3 is 21.3 Å².